The zero-order valence-electron chi connectivity index (χ0n) is 10.9. The normalized spacial score (nSPS) is 26.4. The van der Waals surface area contributed by atoms with Gasteiger partial charge < -0.3 is 9.47 Å². The molecule has 2 saturated heterocycles. The van der Waals surface area contributed by atoms with Crippen molar-refractivity contribution in [3.05, 3.63) is 35.9 Å². The van der Waals surface area contributed by atoms with Gasteiger partial charge in [-0.15, -0.1) is 0 Å². The van der Waals surface area contributed by atoms with E-state index in [0.717, 1.165) is 19.4 Å². The van der Waals surface area contributed by atoms with Gasteiger partial charge in [-0.3, -0.25) is 4.90 Å². The highest BCUT2D eigenvalue weighted by atomic mass is 16.7. The molecule has 0 aliphatic carbocycles. The summed E-state index contributed by atoms with van der Waals surface area (Å²) in [6, 6.07) is 12.6. The number of hydrogen-bond donors (Lipinski definition) is 0. The van der Waals surface area contributed by atoms with Gasteiger partial charge in [0.2, 0.25) is 0 Å². The van der Waals surface area contributed by atoms with Crippen LogP contribution in [-0.2, 0) is 16.0 Å². The average molecular weight is 258 g/mol. The van der Waals surface area contributed by atoms with Crippen LogP contribution in [0.15, 0.2) is 30.3 Å². The quantitative estimate of drug-likeness (QED) is 0.813. The van der Waals surface area contributed by atoms with Crippen LogP contribution < -0.4 is 0 Å². The smallest absolute Gasteiger partial charge is 0.181 e. The molecule has 0 aromatic heterocycles. The Kier molecular flexibility index (Phi) is 3.52. The molecular weight excluding hydrogens is 240 g/mol. The number of rotatable bonds is 2. The Morgan fingerprint density at radius 1 is 1.26 bits per heavy atom. The Balaban J connectivity index is 1.74. The van der Waals surface area contributed by atoms with Crippen LogP contribution in [0, 0.1) is 11.3 Å². The Morgan fingerprint density at radius 2 is 2.00 bits per heavy atom. The first-order valence-corrected chi connectivity index (χ1v) is 6.77. The van der Waals surface area contributed by atoms with Crippen LogP contribution in [0.4, 0.5) is 0 Å². The zero-order chi connectivity index (χ0) is 13.1. The molecule has 2 aliphatic rings. The predicted molar refractivity (Wildman–Crippen MR) is 70.1 cm³/mol. The van der Waals surface area contributed by atoms with Gasteiger partial charge in [0.15, 0.2) is 5.79 Å². The van der Waals surface area contributed by atoms with E-state index >= 15 is 0 Å². The minimum absolute atomic E-state index is 0.0429. The summed E-state index contributed by atoms with van der Waals surface area (Å²) >= 11 is 0. The van der Waals surface area contributed by atoms with Gasteiger partial charge in [0, 0.05) is 13.0 Å². The van der Waals surface area contributed by atoms with Crippen molar-refractivity contribution in [2.24, 2.45) is 0 Å². The molecular formula is C15H18N2O2. The minimum atomic E-state index is -0.470. The summed E-state index contributed by atoms with van der Waals surface area (Å²) in [7, 11) is 0. The van der Waals surface area contributed by atoms with E-state index < -0.39 is 5.79 Å². The number of piperidine rings is 1. The van der Waals surface area contributed by atoms with Crippen molar-refractivity contribution in [3.63, 3.8) is 0 Å². The van der Waals surface area contributed by atoms with E-state index in [9.17, 15) is 5.26 Å². The van der Waals surface area contributed by atoms with E-state index in [2.05, 4.69) is 23.1 Å². The second kappa shape index (κ2) is 5.30. The van der Waals surface area contributed by atoms with Crippen molar-refractivity contribution in [2.45, 2.75) is 31.2 Å². The lowest BCUT2D eigenvalue weighted by Gasteiger charge is -2.41. The van der Waals surface area contributed by atoms with Gasteiger partial charge in [0.1, 0.15) is 0 Å². The molecule has 0 amide bonds. The fourth-order valence-corrected chi connectivity index (χ4v) is 2.90. The highest BCUT2D eigenvalue weighted by Gasteiger charge is 2.44. The molecule has 0 saturated carbocycles. The Hall–Kier alpha value is -1.41. The Bertz CT molecular complexity index is 463. The molecule has 2 heterocycles. The van der Waals surface area contributed by atoms with Crippen LogP contribution in [-0.4, -0.2) is 36.5 Å². The third-order valence-electron chi connectivity index (χ3n) is 3.87. The van der Waals surface area contributed by atoms with Crippen molar-refractivity contribution in [2.75, 3.05) is 19.8 Å². The third kappa shape index (κ3) is 2.64. The van der Waals surface area contributed by atoms with E-state index in [-0.39, 0.29) is 6.04 Å². The number of benzene rings is 1. The lowest BCUT2D eigenvalue weighted by atomic mass is 9.97. The van der Waals surface area contributed by atoms with Gasteiger partial charge in [-0.1, -0.05) is 30.3 Å². The average Bonchev–Trinajstić information content (AvgIpc) is 2.88. The van der Waals surface area contributed by atoms with Gasteiger partial charge in [0.25, 0.3) is 0 Å². The highest BCUT2D eigenvalue weighted by Crippen LogP contribution is 2.33. The van der Waals surface area contributed by atoms with Crippen LogP contribution in [0.1, 0.15) is 18.4 Å². The summed E-state index contributed by atoms with van der Waals surface area (Å²) in [6.45, 7) is 2.78. The molecule has 1 spiro atoms. The molecule has 1 aromatic rings. The molecule has 0 bridgehead atoms. The monoisotopic (exact) mass is 258 g/mol. The topological polar surface area (TPSA) is 45.5 Å². The van der Waals surface area contributed by atoms with Gasteiger partial charge in [-0.25, -0.2) is 0 Å². The number of nitriles is 1. The van der Waals surface area contributed by atoms with Crippen molar-refractivity contribution in [1.82, 2.24) is 4.90 Å². The summed E-state index contributed by atoms with van der Waals surface area (Å²) in [5.74, 6) is -0.470. The van der Waals surface area contributed by atoms with E-state index in [1.54, 1.807) is 0 Å². The van der Waals surface area contributed by atoms with Crippen molar-refractivity contribution in [3.8, 4) is 6.07 Å². The van der Waals surface area contributed by atoms with E-state index in [4.69, 9.17) is 9.47 Å². The number of nitrogens with zero attached hydrogens (tertiary/aromatic N) is 2. The maximum atomic E-state index is 9.30. The lowest BCUT2D eigenvalue weighted by molar-refractivity contribution is -0.195. The maximum absolute atomic E-state index is 9.30. The molecule has 1 atom stereocenters. The third-order valence-corrected chi connectivity index (χ3v) is 3.87. The summed E-state index contributed by atoms with van der Waals surface area (Å²) in [5, 5.41) is 9.30. The van der Waals surface area contributed by atoms with Crippen LogP contribution >= 0.6 is 0 Å². The summed E-state index contributed by atoms with van der Waals surface area (Å²) in [4.78, 5) is 2.17. The maximum Gasteiger partial charge on any atom is 0.181 e. The molecule has 2 fully saturated rings. The van der Waals surface area contributed by atoms with Gasteiger partial charge >= 0.3 is 0 Å². The van der Waals surface area contributed by atoms with Crippen LogP contribution in [0.25, 0.3) is 0 Å². The van der Waals surface area contributed by atoms with Gasteiger partial charge in [-0.05, 0) is 12.0 Å². The first kappa shape index (κ1) is 12.6. The largest absolute Gasteiger partial charge is 0.346 e. The van der Waals surface area contributed by atoms with Gasteiger partial charge in [0.05, 0.1) is 31.9 Å². The SMILES string of the molecule is N#C[C@H]1CCC2(CN1Cc1ccccc1)OCCO2. The van der Waals surface area contributed by atoms with Crippen LogP contribution in [0.2, 0.25) is 0 Å². The molecule has 0 radical (unpaired) electrons. The molecule has 4 nitrogen and oxygen atoms in total. The standard InChI is InChI=1S/C15H18N2O2/c16-10-14-6-7-15(18-8-9-19-15)12-17(14)11-13-4-2-1-3-5-13/h1-5,14H,6-9,11-12H2/t14-/m1/s1. The predicted octanol–water partition coefficient (Wildman–Crippen LogP) is 1.92. The van der Waals surface area contributed by atoms with Crippen LogP contribution in [0.5, 0.6) is 0 Å². The molecule has 0 N–H and O–H groups in total. The molecule has 19 heavy (non-hydrogen) atoms. The fraction of sp³-hybridized carbons (Fsp3) is 0.533. The summed E-state index contributed by atoms with van der Waals surface area (Å²) in [5.41, 5.74) is 1.22. The van der Waals surface area contributed by atoms with Gasteiger partial charge in [-0.2, -0.15) is 5.26 Å². The molecule has 2 aliphatic heterocycles. The van der Waals surface area contributed by atoms with Crippen molar-refractivity contribution >= 4 is 0 Å². The first-order chi connectivity index (χ1) is 9.31. The molecule has 1 aromatic carbocycles. The second-order valence-corrected chi connectivity index (χ2v) is 5.18. The first-order valence-electron chi connectivity index (χ1n) is 6.77. The molecule has 4 heteroatoms. The zero-order valence-corrected chi connectivity index (χ0v) is 10.9. The van der Waals surface area contributed by atoms with Crippen molar-refractivity contribution < 1.29 is 9.47 Å². The molecule has 0 unspecified atom stereocenters. The van der Waals surface area contributed by atoms with E-state index in [1.165, 1.54) is 5.56 Å². The Labute approximate surface area is 113 Å². The van der Waals surface area contributed by atoms with Crippen molar-refractivity contribution in [1.29, 1.82) is 5.26 Å². The number of ether oxygens (including phenoxy) is 2. The van der Waals surface area contributed by atoms with Crippen LogP contribution in [0.3, 0.4) is 0 Å². The molecule has 3 rings (SSSR count). The van der Waals surface area contributed by atoms with E-state index in [0.29, 0.717) is 19.8 Å². The molecule has 100 valence electrons. The lowest BCUT2D eigenvalue weighted by Crippen LogP contribution is -2.52. The number of likely N-dealkylation sites (tertiary alicyclic amines) is 1. The second-order valence-electron chi connectivity index (χ2n) is 5.18. The highest BCUT2D eigenvalue weighted by molar-refractivity contribution is 5.15. The summed E-state index contributed by atoms with van der Waals surface area (Å²) < 4.78 is 11.5. The summed E-state index contributed by atoms with van der Waals surface area (Å²) in [6.07, 6.45) is 1.62. The minimum Gasteiger partial charge on any atom is -0.346 e. The van der Waals surface area contributed by atoms with E-state index in [1.807, 2.05) is 18.2 Å². The Morgan fingerprint density at radius 3 is 2.68 bits per heavy atom. The number of hydrogen-bond acceptors (Lipinski definition) is 4. The fourth-order valence-electron chi connectivity index (χ4n) is 2.90.